The van der Waals surface area contributed by atoms with Gasteiger partial charge in [-0.15, -0.1) is 0 Å². The predicted molar refractivity (Wildman–Crippen MR) is 100 cm³/mol. The van der Waals surface area contributed by atoms with E-state index in [-0.39, 0.29) is 24.6 Å². The number of hydrogen-bond donors (Lipinski definition) is 0. The van der Waals surface area contributed by atoms with Crippen molar-refractivity contribution in [2.45, 2.75) is 38.8 Å². The van der Waals surface area contributed by atoms with Gasteiger partial charge in [0.1, 0.15) is 12.4 Å². The summed E-state index contributed by atoms with van der Waals surface area (Å²) in [4.78, 5) is 14.1. The van der Waals surface area contributed by atoms with Crippen molar-refractivity contribution in [3.63, 3.8) is 0 Å². The lowest BCUT2D eigenvalue weighted by Crippen LogP contribution is -2.49. The monoisotopic (exact) mass is 366 g/mol. The number of piperidine rings is 1. The van der Waals surface area contributed by atoms with Gasteiger partial charge in [0.05, 0.1) is 11.5 Å². The van der Waals surface area contributed by atoms with Crippen molar-refractivity contribution in [3.05, 3.63) is 71.5 Å². The van der Waals surface area contributed by atoms with Crippen LogP contribution in [0.4, 0.5) is 9.18 Å². The molecule has 1 aliphatic heterocycles. The molecular weight excluding hydrogens is 343 g/mol. The van der Waals surface area contributed by atoms with Gasteiger partial charge in [0.25, 0.3) is 0 Å². The lowest BCUT2D eigenvalue weighted by atomic mass is 9.73. The van der Waals surface area contributed by atoms with E-state index in [0.29, 0.717) is 25.8 Å². The molecule has 1 saturated heterocycles. The van der Waals surface area contributed by atoms with E-state index in [4.69, 9.17) is 4.74 Å². The van der Waals surface area contributed by atoms with E-state index in [0.717, 1.165) is 11.1 Å². The molecule has 0 saturated carbocycles. The maximum absolute atomic E-state index is 13.5. The van der Waals surface area contributed by atoms with Gasteiger partial charge in [0.15, 0.2) is 0 Å². The standard InChI is InChI=1S/C22H23FN2O2/c1-17-13-22(16-24,14-19-8-5-9-20(23)12-19)10-11-25(17)21(26)27-15-18-6-3-2-4-7-18/h2-9,12,17H,10-11,13-15H2,1H3/t17-,22-/m0/s1. The van der Waals surface area contributed by atoms with Crippen LogP contribution in [0.5, 0.6) is 0 Å². The van der Waals surface area contributed by atoms with Gasteiger partial charge in [-0.25, -0.2) is 9.18 Å². The van der Waals surface area contributed by atoms with E-state index >= 15 is 0 Å². The first-order valence-electron chi connectivity index (χ1n) is 9.14. The van der Waals surface area contributed by atoms with Crippen LogP contribution in [-0.4, -0.2) is 23.6 Å². The average molecular weight is 366 g/mol. The van der Waals surface area contributed by atoms with Crippen LogP contribution in [0, 0.1) is 22.6 Å². The summed E-state index contributed by atoms with van der Waals surface area (Å²) in [6.07, 6.45) is 1.22. The zero-order chi connectivity index (χ0) is 19.3. The van der Waals surface area contributed by atoms with Crippen LogP contribution in [-0.2, 0) is 17.8 Å². The summed E-state index contributed by atoms with van der Waals surface area (Å²) in [5.74, 6) is -0.296. The number of benzene rings is 2. The van der Waals surface area contributed by atoms with Gasteiger partial charge in [-0.2, -0.15) is 5.26 Å². The lowest BCUT2D eigenvalue weighted by Gasteiger charge is -2.41. The van der Waals surface area contributed by atoms with Crippen LogP contribution in [0.15, 0.2) is 54.6 Å². The molecule has 0 unspecified atom stereocenters. The van der Waals surface area contributed by atoms with Crippen LogP contribution < -0.4 is 0 Å². The highest BCUT2D eigenvalue weighted by Gasteiger charge is 2.40. The molecule has 0 aliphatic carbocycles. The Hall–Kier alpha value is -2.87. The Balaban J connectivity index is 1.61. The predicted octanol–water partition coefficient (Wildman–Crippen LogP) is 4.70. The summed E-state index contributed by atoms with van der Waals surface area (Å²) in [6, 6.07) is 18.2. The van der Waals surface area contributed by atoms with E-state index in [9.17, 15) is 14.4 Å². The molecule has 0 spiro atoms. The first-order chi connectivity index (χ1) is 13.0. The Labute approximate surface area is 159 Å². The fourth-order valence-corrected chi connectivity index (χ4v) is 3.75. The topological polar surface area (TPSA) is 53.3 Å². The number of amides is 1. The van der Waals surface area contributed by atoms with Gasteiger partial charge in [0.2, 0.25) is 0 Å². The maximum Gasteiger partial charge on any atom is 0.410 e. The highest BCUT2D eigenvalue weighted by Crippen LogP contribution is 2.38. The molecule has 3 rings (SSSR count). The van der Waals surface area contributed by atoms with E-state index in [1.807, 2.05) is 43.3 Å². The Bertz CT molecular complexity index is 834. The second-order valence-electron chi connectivity index (χ2n) is 7.24. The molecule has 1 amide bonds. The molecule has 0 radical (unpaired) electrons. The summed E-state index contributed by atoms with van der Waals surface area (Å²) in [5.41, 5.74) is 1.15. The number of carbonyl (C=O) groups is 1. The molecule has 1 fully saturated rings. The normalized spacial score (nSPS) is 22.1. The first-order valence-corrected chi connectivity index (χ1v) is 9.14. The third-order valence-corrected chi connectivity index (χ3v) is 5.16. The third kappa shape index (κ3) is 4.65. The van der Waals surface area contributed by atoms with Crippen molar-refractivity contribution < 1.29 is 13.9 Å². The number of halogens is 1. The quantitative estimate of drug-likeness (QED) is 0.788. The summed E-state index contributed by atoms with van der Waals surface area (Å²) in [5, 5.41) is 9.79. The molecule has 27 heavy (non-hydrogen) atoms. The Morgan fingerprint density at radius 3 is 2.67 bits per heavy atom. The number of carbonyl (C=O) groups excluding carboxylic acids is 1. The first kappa shape index (κ1) is 18.9. The fourth-order valence-electron chi connectivity index (χ4n) is 3.75. The Kier molecular flexibility index (Phi) is 5.75. The smallest absolute Gasteiger partial charge is 0.410 e. The van der Waals surface area contributed by atoms with E-state index < -0.39 is 5.41 Å². The van der Waals surface area contributed by atoms with Crippen molar-refractivity contribution in [3.8, 4) is 6.07 Å². The minimum atomic E-state index is -0.594. The number of hydrogen-bond acceptors (Lipinski definition) is 3. The molecule has 1 heterocycles. The third-order valence-electron chi connectivity index (χ3n) is 5.16. The minimum absolute atomic E-state index is 0.116. The summed E-state index contributed by atoms with van der Waals surface area (Å²) in [6.45, 7) is 2.62. The van der Waals surface area contributed by atoms with Crippen molar-refractivity contribution in [2.75, 3.05) is 6.54 Å². The molecular formula is C22H23FN2O2. The van der Waals surface area contributed by atoms with Crippen molar-refractivity contribution >= 4 is 6.09 Å². The van der Waals surface area contributed by atoms with Crippen molar-refractivity contribution in [1.82, 2.24) is 4.90 Å². The summed E-state index contributed by atoms with van der Waals surface area (Å²) < 4.78 is 18.9. The fraction of sp³-hybridized carbons (Fsp3) is 0.364. The van der Waals surface area contributed by atoms with Crippen LogP contribution >= 0.6 is 0 Å². The molecule has 5 heteroatoms. The van der Waals surface area contributed by atoms with Gasteiger partial charge in [-0.3, -0.25) is 0 Å². The Morgan fingerprint density at radius 2 is 2.00 bits per heavy atom. The molecule has 0 bridgehead atoms. The van der Waals surface area contributed by atoms with Gasteiger partial charge in [-0.05, 0) is 49.4 Å². The summed E-state index contributed by atoms with van der Waals surface area (Å²) >= 11 is 0. The lowest BCUT2D eigenvalue weighted by molar-refractivity contribution is 0.0498. The molecule has 4 nitrogen and oxygen atoms in total. The Morgan fingerprint density at radius 1 is 1.26 bits per heavy atom. The molecule has 0 aromatic heterocycles. The maximum atomic E-state index is 13.5. The molecule has 1 aliphatic rings. The average Bonchev–Trinajstić information content (AvgIpc) is 2.67. The van der Waals surface area contributed by atoms with Gasteiger partial charge < -0.3 is 9.64 Å². The second-order valence-corrected chi connectivity index (χ2v) is 7.24. The molecule has 2 aromatic rings. The van der Waals surface area contributed by atoms with Crippen LogP contribution in [0.25, 0.3) is 0 Å². The van der Waals surface area contributed by atoms with E-state index in [1.54, 1.807) is 11.0 Å². The van der Waals surface area contributed by atoms with Crippen LogP contribution in [0.3, 0.4) is 0 Å². The number of nitrogens with zero attached hydrogens (tertiary/aromatic N) is 2. The van der Waals surface area contributed by atoms with Crippen molar-refractivity contribution in [2.24, 2.45) is 5.41 Å². The molecule has 140 valence electrons. The molecule has 0 N–H and O–H groups in total. The highest BCUT2D eigenvalue weighted by molar-refractivity contribution is 5.68. The molecule has 2 aromatic carbocycles. The van der Waals surface area contributed by atoms with Crippen molar-refractivity contribution in [1.29, 1.82) is 5.26 Å². The number of rotatable bonds is 4. The van der Waals surface area contributed by atoms with Gasteiger partial charge in [0, 0.05) is 12.6 Å². The summed E-state index contributed by atoms with van der Waals surface area (Å²) in [7, 11) is 0. The molecule has 2 atom stereocenters. The van der Waals surface area contributed by atoms with Crippen LogP contribution in [0.1, 0.15) is 30.9 Å². The SMILES string of the molecule is C[C@H]1C[C@](C#N)(Cc2cccc(F)c2)CCN1C(=O)OCc1ccccc1. The highest BCUT2D eigenvalue weighted by atomic mass is 19.1. The minimum Gasteiger partial charge on any atom is -0.445 e. The largest absolute Gasteiger partial charge is 0.445 e. The van der Waals surface area contributed by atoms with E-state index in [2.05, 4.69) is 6.07 Å². The zero-order valence-electron chi connectivity index (χ0n) is 15.4. The van der Waals surface area contributed by atoms with E-state index in [1.165, 1.54) is 12.1 Å². The van der Waals surface area contributed by atoms with Gasteiger partial charge in [-0.1, -0.05) is 42.5 Å². The zero-order valence-corrected chi connectivity index (χ0v) is 15.4. The number of ether oxygens (including phenoxy) is 1. The number of likely N-dealkylation sites (tertiary alicyclic amines) is 1. The second kappa shape index (κ2) is 8.22. The number of nitriles is 1. The van der Waals surface area contributed by atoms with Crippen LogP contribution in [0.2, 0.25) is 0 Å². The van der Waals surface area contributed by atoms with Gasteiger partial charge >= 0.3 is 6.09 Å².